The van der Waals surface area contributed by atoms with Gasteiger partial charge in [-0.1, -0.05) is 29.8 Å². The fourth-order valence-corrected chi connectivity index (χ4v) is 4.10. The number of nitrogens with zero attached hydrogens (tertiary/aromatic N) is 1. The number of carbonyl (C=O) groups is 1. The van der Waals surface area contributed by atoms with E-state index in [1.165, 1.54) is 11.0 Å². The van der Waals surface area contributed by atoms with Crippen molar-refractivity contribution < 1.29 is 17.6 Å². The Morgan fingerprint density at radius 1 is 1.27 bits per heavy atom. The highest BCUT2D eigenvalue weighted by Gasteiger charge is 2.30. The van der Waals surface area contributed by atoms with Crippen LogP contribution in [0.1, 0.15) is 28.8 Å². The smallest absolute Gasteiger partial charge is 0.253 e. The van der Waals surface area contributed by atoms with Crippen molar-refractivity contribution in [3.63, 3.8) is 0 Å². The summed E-state index contributed by atoms with van der Waals surface area (Å²) in [7, 11) is -2.42. The van der Waals surface area contributed by atoms with E-state index in [1.54, 1.807) is 25.2 Å². The van der Waals surface area contributed by atoms with Crippen molar-refractivity contribution in [2.75, 3.05) is 7.05 Å². The number of sulfonamides is 1. The summed E-state index contributed by atoms with van der Waals surface area (Å²) in [6.07, 6.45) is 1.47. The highest BCUT2D eigenvalue weighted by molar-refractivity contribution is 7.89. The third-order valence-electron chi connectivity index (χ3n) is 4.08. The van der Waals surface area contributed by atoms with Crippen molar-refractivity contribution in [3.05, 3.63) is 64.4 Å². The van der Waals surface area contributed by atoms with E-state index < -0.39 is 26.6 Å². The topological polar surface area (TPSA) is 66.5 Å². The van der Waals surface area contributed by atoms with Crippen molar-refractivity contribution >= 4 is 27.5 Å². The minimum atomic E-state index is -3.99. The molecule has 0 aromatic heterocycles. The molecule has 0 radical (unpaired) electrons. The Kier molecular flexibility index (Phi) is 5.32. The molecule has 1 aliphatic rings. The molecule has 1 aliphatic carbocycles. The maximum Gasteiger partial charge on any atom is 0.253 e. The molecule has 3 rings (SSSR count). The second kappa shape index (κ2) is 7.34. The standard InChI is InChI=1S/C18H18ClFN2O3S/c1-22(11-13-4-2-3-5-15(13)19)18(23)12-6-9-16(20)17(10-12)26(24,25)21-14-7-8-14/h2-6,9-10,14,21H,7-8,11H2,1H3. The van der Waals surface area contributed by atoms with Gasteiger partial charge in [0.1, 0.15) is 10.7 Å². The summed E-state index contributed by atoms with van der Waals surface area (Å²) >= 11 is 6.10. The Labute approximate surface area is 156 Å². The molecule has 8 heteroatoms. The summed E-state index contributed by atoms with van der Waals surface area (Å²) in [5, 5.41) is 0.531. The van der Waals surface area contributed by atoms with Crippen LogP contribution in [0.4, 0.5) is 4.39 Å². The van der Waals surface area contributed by atoms with E-state index in [0.717, 1.165) is 30.5 Å². The largest absolute Gasteiger partial charge is 0.337 e. The molecule has 1 N–H and O–H groups in total. The number of halogens is 2. The molecule has 0 atom stereocenters. The SMILES string of the molecule is CN(Cc1ccccc1Cl)C(=O)c1ccc(F)c(S(=O)(=O)NC2CC2)c1. The van der Waals surface area contributed by atoms with Crippen LogP contribution in [-0.4, -0.2) is 32.3 Å². The summed E-state index contributed by atoms with van der Waals surface area (Å²) in [5.41, 5.74) is 0.854. The highest BCUT2D eigenvalue weighted by atomic mass is 35.5. The van der Waals surface area contributed by atoms with Crippen LogP contribution in [0.15, 0.2) is 47.4 Å². The highest BCUT2D eigenvalue weighted by Crippen LogP contribution is 2.24. The Hall–Kier alpha value is -1.96. The first-order valence-corrected chi connectivity index (χ1v) is 9.95. The molecule has 0 saturated heterocycles. The fraction of sp³-hybridized carbons (Fsp3) is 0.278. The quantitative estimate of drug-likeness (QED) is 0.815. The molecule has 1 amide bonds. The van der Waals surface area contributed by atoms with Gasteiger partial charge < -0.3 is 4.90 Å². The molecule has 0 bridgehead atoms. The van der Waals surface area contributed by atoms with Gasteiger partial charge in [0.15, 0.2) is 0 Å². The van der Waals surface area contributed by atoms with Crippen LogP contribution in [0.25, 0.3) is 0 Å². The Morgan fingerprint density at radius 2 is 1.96 bits per heavy atom. The molecule has 0 unspecified atom stereocenters. The van der Waals surface area contributed by atoms with Crippen molar-refractivity contribution in [1.82, 2.24) is 9.62 Å². The van der Waals surface area contributed by atoms with Crippen LogP contribution < -0.4 is 4.72 Å². The number of rotatable bonds is 6. The van der Waals surface area contributed by atoms with E-state index in [0.29, 0.717) is 5.02 Å². The van der Waals surface area contributed by atoms with Crippen molar-refractivity contribution in [1.29, 1.82) is 0 Å². The summed E-state index contributed by atoms with van der Waals surface area (Å²) in [6, 6.07) is 10.3. The third-order valence-corrected chi connectivity index (χ3v) is 5.98. The number of benzene rings is 2. The lowest BCUT2D eigenvalue weighted by Crippen LogP contribution is -2.29. The van der Waals surface area contributed by atoms with Gasteiger partial charge in [-0.2, -0.15) is 0 Å². The molecule has 26 heavy (non-hydrogen) atoms. The summed E-state index contributed by atoms with van der Waals surface area (Å²) in [4.78, 5) is 13.5. The molecule has 1 saturated carbocycles. The second-order valence-corrected chi connectivity index (χ2v) is 8.38. The zero-order valence-electron chi connectivity index (χ0n) is 14.1. The van der Waals surface area contributed by atoms with Crippen molar-refractivity contribution in [2.24, 2.45) is 0 Å². The van der Waals surface area contributed by atoms with Gasteiger partial charge in [-0.05, 0) is 42.7 Å². The number of hydrogen-bond acceptors (Lipinski definition) is 3. The normalized spacial score (nSPS) is 14.3. The Balaban J connectivity index is 1.83. The Bertz CT molecular complexity index is 945. The van der Waals surface area contributed by atoms with Gasteiger partial charge in [-0.15, -0.1) is 0 Å². The van der Waals surface area contributed by atoms with Crippen molar-refractivity contribution in [2.45, 2.75) is 30.3 Å². The van der Waals surface area contributed by atoms with Crippen LogP contribution in [0.2, 0.25) is 5.02 Å². The van der Waals surface area contributed by atoms with Gasteiger partial charge in [0.05, 0.1) is 0 Å². The molecular formula is C18H18ClFN2O3S. The summed E-state index contributed by atoms with van der Waals surface area (Å²) in [5.74, 6) is -1.31. The summed E-state index contributed by atoms with van der Waals surface area (Å²) < 4.78 is 41.0. The zero-order valence-corrected chi connectivity index (χ0v) is 15.6. The third kappa shape index (κ3) is 4.23. The zero-order chi connectivity index (χ0) is 18.9. The van der Waals surface area contributed by atoms with Gasteiger partial charge in [0.25, 0.3) is 5.91 Å². The minimum absolute atomic E-state index is 0.0946. The lowest BCUT2D eigenvalue weighted by molar-refractivity contribution is 0.0785. The van der Waals surface area contributed by atoms with E-state index in [4.69, 9.17) is 11.6 Å². The van der Waals surface area contributed by atoms with Crippen LogP contribution in [0.5, 0.6) is 0 Å². The first-order chi connectivity index (χ1) is 12.3. The van der Waals surface area contributed by atoms with Gasteiger partial charge in [-0.25, -0.2) is 17.5 Å². The lowest BCUT2D eigenvalue weighted by Gasteiger charge is -2.18. The predicted molar refractivity (Wildman–Crippen MR) is 97.0 cm³/mol. The van der Waals surface area contributed by atoms with E-state index in [1.807, 2.05) is 6.07 Å². The molecule has 0 aliphatic heterocycles. The average Bonchev–Trinajstić information content (AvgIpc) is 3.39. The number of hydrogen-bond donors (Lipinski definition) is 1. The molecule has 2 aromatic rings. The van der Waals surface area contributed by atoms with E-state index in [2.05, 4.69) is 4.72 Å². The monoisotopic (exact) mass is 396 g/mol. The van der Waals surface area contributed by atoms with E-state index >= 15 is 0 Å². The van der Waals surface area contributed by atoms with Crippen molar-refractivity contribution in [3.8, 4) is 0 Å². The average molecular weight is 397 g/mol. The van der Waals surface area contributed by atoms with Gasteiger partial charge in [-0.3, -0.25) is 4.79 Å². The van der Waals surface area contributed by atoms with E-state index in [9.17, 15) is 17.6 Å². The van der Waals surface area contributed by atoms with E-state index in [-0.39, 0.29) is 18.2 Å². The first kappa shape index (κ1) is 18.8. The minimum Gasteiger partial charge on any atom is -0.337 e. The maximum absolute atomic E-state index is 14.0. The molecule has 0 heterocycles. The van der Waals surface area contributed by atoms with Crippen LogP contribution in [-0.2, 0) is 16.6 Å². The molecule has 5 nitrogen and oxygen atoms in total. The van der Waals surface area contributed by atoms with Gasteiger partial charge >= 0.3 is 0 Å². The molecule has 1 fully saturated rings. The number of carbonyl (C=O) groups excluding carboxylic acids is 1. The number of amides is 1. The van der Waals surface area contributed by atoms with Crippen LogP contribution in [0, 0.1) is 5.82 Å². The molecule has 138 valence electrons. The lowest BCUT2D eigenvalue weighted by atomic mass is 10.1. The Morgan fingerprint density at radius 3 is 2.62 bits per heavy atom. The maximum atomic E-state index is 14.0. The van der Waals surface area contributed by atoms with Crippen LogP contribution >= 0.6 is 11.6 Å². The molecule has 2 aromatic carbocycles. The summed E-state index contributed by atoms with van der Waals surface area (Å²) in [6.45, 7) is 0.248. The predicted octanol–water partition coefficient (Wildman–Crippen LogP) is 3.19. The molecular weight excluding hydrogens is 379 g/mol. The first-order valence-electron chi connectivity index (χ1n) is 8.08. The second-order valence-electron chi connectivity index (χ2n) is 6.29. The molecule has 0 spiro atoms. The van der Waals surface area contributed by atoms with Gasteiger partial charge in [0.2, 0.25) is 10.0 Å². The van der Waals surface area contributed by atoms with Gasteiger partial charge in [0, 0.05) is 30.2 Å². The van der Waals surface area contributed by atoms with Crippen LogP contribution in [0.3, 0.4) is 0 Å². The number of nitrogens with one attached hydrogen (secondary N) is 1. The fourth-order valence-electron chi connectivity index (χ4n) is 2.50.